The Bertz CT molecular complexity index is 1340. The van der Waals surface area contributed by atoms with Crippen molar-refractivity contribution < 1.29 is 5.11 Å². The predicted octanol–water partition coefficient (Wildman–Crippen LogP) is 2.56. The van der Waals surface area contributed by atoms with E-state index in [-0.39, 0.29) is 12.1 Å². The summed E-state index contributed by atoms with van der Waals surface area (Å²) in [4.78, 5) is 9.36. The first-order valence-corrected chi connectivity index (χ1v) is 11.5. The Morgan fingerprint density at radius 3 is 2.38 bits per heavy atom. The summed E-state index contributed by atoms with van der Waals surface area (Å²) < 4.78 is 3.52. The van der Waals surface area contributed by atoms with Crippen LogP contribution in [0.25, 0.3) is 27.8 Å². The lowest BCUT2D eigenvalue weighted by Crippen LogP contribution is -2.52. The van der Waals surface area contributed by atoms with Gasteiger partial charge in [0.15, 0.2) is 0 Å². The van der Waals surface area contributed by atoms with Gasteiger partial charge in [-0.2, -0.15) is 15.5 Å². The van der Waals surface area contributed by atoms with Crippen molar-refractivity contribution in [2.75, 3.05) is 31.1 Å². The number of aliphatic hydroxyl groups is 1. The quantitative estimate of drug-likeness (QED) is 0.493. The largest absolute Gasteiger partial charge is 0.392 e. The lowest BCUT2D eigenvalue weighted by Gasteiger charge is -2.39. The molecule has 4 aromatic rings. The maximum absolute atomic E-state index is 9.89. The van der Waals surface area contributed by atoms with Gasteiger partial charge in [0.25, 0.3) is 0 Å². The fourth-order valence-corrected chi connectivity index (χ4v) is 4.55. The molecule has 0 bridgehead atoms. The van der Waals surface area contributed by atoms with E-state index in [1.807, 2.05) is 44.8 Å². The number of aromatic nitrogens is 5. The van der Waals surface area contributed by atoms with Gasteiger partial charge in [0.2, 0.25) is 0 Å². The number of fused-ring (bicyclic) bond motifs is 1. The van der Waals surface area contributed by atoms with Crippen molar-refractivity contribution >= 4 is 11.3 Å². The van der Waals surface area contributed by atoms with Gasteiger partial charge in [-0.15, -0.1) is 0 Å². The number of nitriles is 1. The van der Waals surface area contributed by atoms with Crippen LogP contribution < -0.4 is 4.90 Å². The summed E-state index contributed by atoms with van der Waals surface area (Å²) in [7, 11) is 1.89. The van der Waals surface area contributed by atoms with E-state index < -0.39 is 0 Å². The third-order valence-electron chi connectivity index (χ3n) is 6.74. The highest BCUT2D eigenvalue weighted by molar-refractivity contribution is 5.87. The number of rotatable bonds is 5. The predicted molar refractivity (Wildman–Crippen MR) is 130 cm³/mol. The molecular formula is C25H28N8O. The molecule has 1 aliphatic heterocycles. The monoisotopic (exact) mass is 456 g/mol. The topological polar surface area (TPSA) is 98.5 Å². The van der Waals surface area contributed by atoms with Crippen LogP contribution in [-0.2, 0) is 7.05 Å². The summed E-state index contributed by atoms with van der Waals surface area (Å²) in [6.07, 6.45) is 8.83. The molecule has 0 radical (unpaired) electrons. The molecular weight excluding hydrogens is 428 g/mol. The van der Waals surface area contributed by atoms with Gasteiger partial charge in [0.1, 0.15) is 11.9 Å². The lowest BCUT2D eigenvalue weighted by molar-refractivity contribution is 0.0671. The van der Waals surface area contributed by atoms with E-state index in [0.717, 1.165) is 59.8 Å². The van der Waals surface area contributed by atoms with Crippen LogP contribution in [0, 0.1) is 11.3 Å². The summed E-state index contributed by atoms with van der Waals surface area (Å²) in [5.74, 6) is 0.932. The van der Waals surface area contributed by atoms with E-state index in [9.17, 15) is 10.4 Å². The molecule has 1 unspecified atom stereocenters. The SMILES string of the molecule is CC([C@H](C)O)N1CCN(c2ccc(-c3cc(-c4cnn(C)c4)cn4ncc(C#N)c34)cn2)CC1. The van der Waals surface area contributed by atoms with E-state index in [4.69, 9.17) is 4.98 Å². The number of anilines is 1. The third kappa shape index (κ3) is 4.02. The lowest BCUT2D eigenvalue weighted by atomic mass is 10.0. The molecule has 2 atom stereocenters. The first-order valence-electron chi connectivity index (χ1n) is 11.5. The zero-order chi connectivity index (χ0) is 23.8. The van der Waals surface area contributed by atoms with Crippen LogP contribution >= 0.6 is 0 Å². The Morgan fingerprint density at radius 1 is 0.971 bits per heavy atom. The van der Waals surface area contributed by atoms with Crippen LogP contribution in [0.15, 0.2) is 49.2 Å². The first-order chi connectivity index (χ1) is 16.4. The van der Waals surface area contributed by atoms with Crippen LogP contribution in [0.3, 0.4) is 0 Å². The first kappa shape index (κ1) is 22.1. The standard InChI is InChI=1S/C25H28N8O/c1-17(18(2)34)31-6-8-32(9-7-31)24-5-4-19(12-27-24)23-10-20(22-14-28-30(3)15-22)16-33-25(23)21(11-26)13-29-33/h4-5,10,12-18,34H,6-9H2,1-3H3/t17?,18-/m0/s1. The molecule has 9 nitrogen and oxygen atoms in total. The Kier molecular flexibility index (Phi) is 5.77. The number of nitrogens with zero attached hydrogens (tertiary/aromatic N) is 8. The van der Waals surface area contributed by atoms with Crippen molar-refractivity contribution in [2.45, 2.75) is 26.0 Å². The summed E-state index contributed by atoms with van der Waals surface area (Å²) in [6, 6.07) is 8.58. The van der Waals surface area contributed by atoms with Gasteiger partial charge in [-0.3, -0.25) is 9.58 Å². The average molecular weight is 457 g/mol. The Labute approximate surface area is 198 Å². The Morgan fingerprint density at radius 2 is 1.76 bits per heavy atom. The zero-order valence-electron chi connectivity index (χ0n) is 19.6. The molecule has 0 spiro atoms. The highest BCUT2D eigenvalue weighted by Crippen LogP contribution is 2.32. The van der Waals surface area contributed by atoms with Gasteiger partial charge >= 0.3 is 0 Å². The van der Waals surface area contributed by atoms with Gasteiger partial charge < -0.3 is 10.0 Å². The molecule has 9 heteroatoms. The molecule has 174 valence electrons. The van der Waals surface area contributed by atoms with Crippen molar-refractivity contribution in [1.29, 1.82) is 5.26 Å². The maximum atomic E-state index is 9.89. The zero-order valence-corrected chi connectivity index (χ0v) is 19.6. The second kappa shape index (κ2) is 8.89. The number of hydrogen-bond donors (Lipinski definition) is 1. The van der Waals surface area contributed by atoms with Crippen molar-refractivity contribution in [3.63, 3.8) is 0 Å². The molecule has 1 N–H and O–H groups in total. The Balaban J connectivity index is 1.45. The molecule has 1 saturated heterocycles. The van der Waals surface area contributed by atoms with E-state index >= 15 is 0 Å². The van der Waals surface area contributed by atoms with Gasteiger partial charge in [-0.1, -0.05) is 0 Å². The van der Waals surface area contributed by atoms with Crippen molar-refractivity contribution in [1.82, 2.24) is 29.3 Å². The number of aliphatic hydroxyl groups excluding tert-OH is 1. The molecule has 5 heterocycles. The van der Waals surface area contributed by atoms with Crippen LogP contribution in [0.1, 0.15) is 19.4 Å². The second-order valence-electron chi connectivity index (χ2n) is 8.92. The molecule has 0 saturated carbocycles. The van der Waals surface area contributed by atoms with Crippen LogP contribution in [0.5, 0.6) is 0 Å². The smallest absolute Gasteiger partial charge is 0.128 e. The number of aryl methyl sites for hydroxylation is 1. The molecule has 0 aliphatic carbocycles. The summed E-state index contributed by atoms with van der Waals surface area (Å²) in [5, 5.41) is 28.2. The van der Waals surface area contributed by atoms with E-state index in [2.05, 4.69) is 45.1 Å². The molecule has 34 heavy (non-hydrogen) atoms. The van der Waals surface area contributed by atoms with Crippen LogP contribution in [0.4, 0.5) is 5.82 Å². The minimum Gasteiger partial charge on any atom is -0.392 e. The van der Waals surface area contributed by atoms with Gasteiger partial charge in [0.05, 0.1) is 29.6 Å². The van der Waals surface area contributed by atoms with Crippen molar-refractivity contribution in [2.24, 2.45) is 7.05 Å². The second-order valence-corrected chi connectivity index (χ2v) is 8.92. The van der Waals surface area contributed by atoms with Gasteiger partial charge in [0, 0.05) is 80.1 Å². The van der Waals surface area contributed by atoms with Crippen LogP contribution in [-0.4, -0.2) is 72.7 Å². The highest BCUT2D eigenvalue weighted by atomic mass is 16.3. The van der Waals surface area contributed by atoms with Crippen molar-refractivity contribution in [3.8, 4) is 28.3 Å². The number of hydrogen-bond acceptors (Lipinski definition) is 7. The molecule has 5 rings (SSSR count). The number of pyridine rings is 2. The fourth-order valence-electron chi connectivity index (χ4n) is 4.55. The third-order valence-corrected chi connectivity index (χ3v) is 6.74. The van der Waals surface area contributed by atoms with Gasteiger partial charge in [-0.05, 0) is 32.0 Å². The van der Waals surface area contributed by atoms with Crippen LogP contribution in [0.2, 0.25) is 0 Å². The van der Waals surface area contributed by atoms with Crippen molar-refractivity contribution in [3.05, 3.63) is 54.7 Å². The normalized spacial score (nSPS) is 16.5. The Hall–Kier alpha value is -3.74. The fraction of sp³-hybridized carbons (Fsp3) is 0.360. The molecule has 0 aromatic carbocycles. The molecule has 4 aromatic heterocycles. The molecule has 1 aliphatic rings. The van der Waals surface area contributed by atoms with E-state index in [1.165, 1.54) is 0 Å². The molecule has 1 fully saturated rings. The van der Waals surface area contributed by atoms with E-state index in [0.29, 0.717) is 5.56 Å². The average Bonchev–Trinajstić information content (AvgIpc) is 3.49. The van der Waals surface area contributed by atoms with Gasteiger partial charge in [-0.25, -0.2) is 9.50 Å². The summed E-state index contributed by atoms with van der Waals surface area (Å²) in [6.45, 7) is 7.43. The maximum Gasteiger partial charge on any atom is 0.128 e. The number of piperazine rings is 1. The summed E-state index contributed by atoms with van der Waals surface area (Å²) in [5.41, 5.74) is 5.08. The molecule has 0 amide bonds. The highest BCUT2D eigenvalue weighted by Gasteiger charge is 2.24. The minimum atomic E-state index is -0.343. The minimum absolute atomic E-state index is 0.150. The van der Waals surface area contributed by atoms with E-state index in [1.54, 1.807) is 15.4 Å². The summed E-state index contributed by atoms with van der Waals surface area (Å²) >= 11 is 0.